The van der Waals surface area contributed by atoms with Crippen LogP contribution in [0.1, 0.15) is 15.9 Å². The maximum Gasteiger partial charge on any atom is 0.331 e. The monoisotopic (exact) mass is 389 g/mol. The number of ether oxygens (including phenoxy) is 2. The fourth-order valence-electron chi connectivity index (χ4n) is 2.12. The largest absolute Gasteiger partial charge is 0.497 e. The standard InChI is InChI=1S/C19H19NO6S/c1-25-17-5-3-4-14(12-17)6-11-19(22)26-13-18(21)15-7-9-16(10-8-15)20-27(2,23)24/h3-12,20H,13H2,1-2H3/b11-6+. The van der Waals surface area contributed by atoms with Crippen molar-refractivity contribution in [1.29, 1.82) is 0 Å². The lowest BCUT2D eigenvalue weighted by Gasteiger charge is -2.05. The van der Waals surface area contributed by atoms with Crippen LogP contribution in [0.2, 0.25) is 0 Å². The first-order valence-corrected chi connectivity index (χ1v) is 9.76. The molecule has 8 heteroatoms. The van der Waals surface area contributed by atoms with Gasteiger partial charge in [-0.1, -0.05) is 12.1 Å². The summed E-state index contributed by atoms with van der Waals surface area (Å²) in [6.07, 6.45) is 3.81. The lowest BCUT2D eigenvalue weighted by Crippen LogP contribution is -2.13. The van der Waals surface area contributed by atoms with E-state index in [2.05, 4.69) is 4.72 Å². The summed E-state index contributed by atoms with van der Waals surface area (Å²) in [4.78, 5) is 23.8. The Kier molecular flexibility index (Phi) is 6.73. The molecule has 2 aromatic rings. The van der Waals surface area contributed by atoms with Gasteiger partial charge in [-0.05, 0) is 48.0 Å². The number of Topliss-reactive ketones (excluding diaryl/α,β-unsaturated/α-hetero) is 1. The van der Waals surface area contributed by atoms with E-state index in [1.807, 2.05) is 0 Å². The molecule has 0 radical (unpaired) electrons. The van der Waals surface area contributed by atoms with Gasteiger partial charge in [0.15, 0.2) is 12.4 Å². The zero-order valence-electron chi connectivity index (χ0n) is 14.8. The van der Waals surface area contributed by atoms with Crippen molar-refractivity contribution in [3.63, 3.8) is 0 Å². The molecule has 0 aromatic heterocycles. The second-order valence-corrected chi connectivity index (χ2v) is 7.34. The summed E-state index contributed by atoms with van der Waals surface area (Å²) in [5, 5.41) is 0. The molecule has 2 aromatic carbocycles. The van der Waals surface area contributed by atoms with Crippen molar-refractivity contribution < 1.29 is 27.5 Å². The molecule has 0 aliphatic heterocycles. The highest BCUT2D eigenvalue weighted by atomic mass is 32.2. The molecule has 0 saturated carbocycles. The van der Waals surface area contributed by atoms with E-state index in [0.717, 1.165) is 11.8 Å². The fourth-order valence-corrected chi connectivity index (χ4v) is 2.68. The number of hydrogen-bond acceptors (Lipinski definition) is 6. The molecule has 0 spiro atoms. The van der Waals surface area contributed by atoms with E-state index in [4.69, 9.17) is 9.47 Å². The molecule has 0 fully saturated rings. The molecule has 2 rings (SSSR count). The summed E-state index contributed by atoms with van der Waals surface area (Å²) >= 11 is 0. The van der Waals surface area contributed by atoms with Crippen molar-refractivity contribution in [3.05, 3.63) is 65.7 Å². The van der Waals surface area contributed by atoms with Gasteiger partial charge < -0.3 is 9.47 Å². The lowest BCUT2D eigenvalue weighted by molar-refractivity contribution is -0.136. The van der Waals surface area contributed by atoms with Gasteiger partial charge in [0.1, 0.15) is 5.75 Å². The minimum atomic E-state index is -3.39. The van der Waals surface area contributed by atoms with E-state index in [9.17, 15) is 18.0 Å². The maximum atomic E-state index is 12.0. The van der Waals surface area contributed by atoms with Gasteiger partial charge in [-0.15, -0.1) is 0 Å². The molecule has 0 aliphatic rings. The first-order valence-electron chi connectivity index (χ1n) is 7.87. The molecule has 142 valence electrons. The molecule has 7 nitrogen and oxygen atoms in total. The van der Waals surface area contributed by atoms with Crippen LogP contribution < -0.4 is 9.46 Å². The van der Waals surface area contributed by atoms with Crippen LogP contribution in [0.4, 0.5) is 5.69 Å². The Labute approximate surface area is 157 Å². The van der Waals surface area contributed by atoms with Crippen molar-refractivity contribution >= 4 is 33.5 Å². The maximum absolute atomic E-state index is 12.0. The Morgan fingerprint density at radius 2 is 1.81 bits per heavy atom. The van der Waals surface area contributed by atoms with Crippen molar-refractivity contribution in [1.82, 2.24) is 0 Å². The number of ketones is 1. The molecule has 0 atom stereocenters. The van der Waals surface area contributed by atoms with Crippen LogP contribution in [-0.4, -0.2) is 40.1 Å². The van der Waals surface area contributed by atoms with Gasteiger partial charge >= 0.3 is 5.97 Å². The average molecular weight is 389 g/mol. The van der Waals surface area contributed by atoms with Gasteiger partial charge in [-0.3, -0.25) is 9.52 Å². The molecule has 27 heavy (non-hydrogen) atoms. The van der Waals surface area contributed by atoms with Crippen LogP contribution in [0.5, 0.6) is 5.75 Å². The third-order valence-corrected chi connectivity index (χ3v) is 3.97. The second-order valence-electron chi connectivity index (χ2n) is 5.59. The minimum Gasteiger partial charge on any atom is -0.497 e. The summed E-state index contributed by atoms with van der Waals surface area (Å²) in [5.74, 6) is -0.389. The number of rotatable bonds is 8. The van der Waals surface area contributed by atoms with Crippen molar-refractivity contribution in [2.75, 3.05) is 24.7 Å². The third kappa shape index (κ3) is 6.95. The number of methoxy groups -OCH3 is 1. The Balaban J connectivity index is 1.88. The fraction of sp³-hybridized carbons (Fsp3) is 0.158. The van der Waals surface area contributed by atoms with Gasteiger partial charge in [0.2, 0.25) is 10.0 Å². The highest BCUT2D eigenvalue weighted by molar-refractivity contribution is 7.92. The smallest absolute Gasteiger partial charge is 0.331 e. The summed E-state index contributed by atoms with van der Waals surface area (Å²) in [6, 6.07) is 12.9. The highest BCUT2D eigenvalue weighted by Gasteiger charge is 2.09. The minimum absolute atomic E-state index is 0.304. The van der Waals surface area contributed by atoms with Crippen LogP contribution in [0.15, 0.2) is 54.6 Å². The molecular weight excluding hydrogens is 370 g/mol. The van der Waals surface area contributed by atoms with E-state index in [1.54, 1.807) is 37.5 Å². The van der Waals surface area contributed by atoms with Gasteiger partial charge in [0.05, 0.1) is 13.4 Å². The van der Waals surface area contributed by atoms with Crippen LogP contribution in [0, 0.1) is 0 Å². The Hall–Kier alpha value is -3.13. The van der Waals surface area contributed by atoms with Crippen molar-refractivity contribution in [3.8, 4) is 5.75 Å². The number of sulfonamides is 1. The molecular formula is C19H19NO6S. The predicted octanol–water partition coefficient (Wildman–Crippen LogP) is 2.51. The van der Waals surface area contributed by atoms with Gasteiger partial charge in [-0.25, -0.2) is 13.2 Å². The SMILES string of the molecule is COc1cccc(/C=C/C(=O)OCC(=O)c2ccc(NS(C)(=O)=O)cc2)c1. The van der Waals surface area contributed by atoms with E-state index in [0.29, 0.717) is 17.0 Å². The second kappa shape index (κ2) is 9.00. The Morgan fingerprint density at radius 1 is 1.11 bits per heavy atom. The quantitative estimate of drug-likeness (QED) is 0.423. The number of anilines is 1. The Morgan fingerprint density at radius 3 is 2.44 bits per heavy atom. The van der Waals surface area contributed by atoms with E-state index in [1.165, 1.54) is 30.3 Å². The number of nitrogens with one attached hydrogen (secondary N) is 1. The van der Waals surface area contributed by atoms with Gasteiger partial charge in [0, 0.05) is 17.3 Å². The predicted molar refractivity (Wildman–Crippen MR) is 102 cm³/mol. The van der Waals surface area contributed by atoms with Crippen LogP contribution in [0.3, 0.4) is 0 Å². The topological polar surface area (TPSA) is 98.8 Å². The molecule has 0 unspecified atom stereocenters. The molecule has 0 heterocycles. The number of benzene rings is 2. The number of esters is 1. The normalized spacial score (nSPS) is 11.2. The molecule has 0 saturated heterocycles. The van der Waals surface area contributed by atoms with Crippen LogP contribution in [-0.2, 0) is 19.6 Å². The summed E-state index contributed by atoms with van der Waals surface area (Å²) in [6.45, 7) is -0.417. The third-order valence-electron chi connectivity index (χ3n) is 3.36. The molecule has 0 amide bonds. The average Bonchev–Trinajstić information content (AvgIpc) is 2.64. The van der Waals surface area contributed by atoms with E-state index < -0.39 is 28.4 Å². The van der Waals surface area contributed by atoms with E-state index >= 15 is 0 Å². The first kappa shape index (κ1) is 20.2. The molecule has 0 bridgehead atoms. The molecule has 1 N–H and O–H groups in total. The van der Waals surface area contributed by atoms with Gasteiger partial charge in [-0.2, -0.15) is 0 Å². The highest BCUT2D eigenvalue weighted by Crippen LogP contribution is 2.14. The number of carbonyl (C=O) groups is 2. The zero-order valence-corrected chi connectivity index (χ0v) is 15.7. The van der Waals surface area contributed by atoms with Crippen LogP contribution >= 0.6 is 0 Å². The first-order chi connectivity index (χ1) is 12.8. The van der Waals surface area contributed by atoms with Crippen LogP contribution in [0.25, 0.3) is 6.08 Å². The number of hydrogen-bond donors (Lipinski definition) is 1. The summed E-state index contributed by atoms with van der Waals surface area (Å²) in [7, 11) is -1.84. The lowest BCUT2D eigenvalue weighted by atomic mass is 10.1. The summed E-state index contributed by atoms with van der Waals surface area (Å²) in [5.41, 5.74) is 1.40. The zero-order chi connectivity index (χ0) is 19.9. The van der Waals surface area contributed by atoms with Crippen molar-refractivity contribution in [2.45, 2.75) is 0 Å². The van der Waals surface area contributed by atoms with Crippen molar-refractivity contribution in [2.24, 2.45) is 0 Å². The van der Waals surface area contributed by atoms with E-state index in [-0.39, 0.29) is 0 Å². The van der Waals surface area contributed by atoms with Gasteiger partial charge in [0.25, 0.3) is 0 Å². The molecule has 0 aliphatic carbocycles. The number of carbonyl (C=O) groups excluding carboxylic acids is 2. The summed E-state index contributed by atoms with van der Waals surface area (Å²) < 4.78 is 34.6. The Bertz CT molecular complexity index is 948.